The molecule has 0 radical (unpaired) electrons. The third kappa shape index (κ3) is 2.45. The minimum absolute atomic E-state index is 0.816. The summed E-state index contributed by atoms with van der Waals surface area (Å²) in [4.78, 5) is 0. The van der Waals surface area contributed by atoms with Gasteiger partial charge in [-0.2, -0.15) is 0 Å². The summed E-state index contributed by atoms with van der Waals surface area (Å²) in [5, 5.41) is 10.1. The van der Waals surface area contributed by atoms with Gasteiger partial charge in [-0.25, -0.2) is 0 Å². The first-order chi connectivity index (χ1) is 12.9. The lowest BCUT2D eigenvalue weighted by Gasteiger charge is -2.15. The summed E-state index contributed by atoms with van der Waals surface area (Å²) in [5.74, 6) is 0. The van der Waals surface area contributed by atoms with Gasteiger partial charge in [0.05, 0.1) is 5.52 Å². The Morgan fingerprint density at radius 2 is 1.31 bits per heavy atom. The van der Waals surface area contributed by atoms with Gasteiger partial charge in [0.1, 0.15) is 11.4 Å². The summed E-state index contributed by atoms with van der Waals surface area (Å²) in [6.07, 6.45) is 2.19. The van der Waals surface area contributed by atoms with Crippen molar-refractivity contribution in [3.05, 3.63) is 96.7 Å². The molecule has 0 fully saturated rings. The van der Waals surface area contributed by atoms with E-state index in [0.717, 1.165) is 34.4 Å². The minimum atomic E-state index is 0.816. The van der Waals surface area contributed by atoms with E-state index in [1.54, 1.807) is 0 Å². The fourth-order valence-corrected chi connectivity index (χ4v) is 3.51. The normalized spacial score (nSPS) is 11.2. The Labute approximate surface area is 151 Å². The van der Waals surface area contributed by atoms with Crippen molar-refractivity contribution in [2.75, 3.05) is 0 Å². The molecule has 0 aromatic heterocycles. The van der Waals surface area contributed by atoms with Crippen LogP contribution >= 0.6 is 0 Å². The molecule has 0 amide bonds. The van der Waals surface area contributed by atoms with E-state index in [2.05, 4.69) is 81.6 Å². The first-order valence-corrected chi connectivity index (χ1v) is 8.74. The zero-order valence-electron chi connectivity index (χ0n) is 14.2. The molecule has 0 spiro atoms. The number of hydrogen-bond acceptors (Lipinski definition) is 2. The fraction of sp³-hybridized carbons (Fsp3) is 0.0435. The Kier molecular flexibility index (Phi) is 3.49. The quantitative estimate of drug-likeness (QED) is 0.451. The summed E-state index contributed by atoms with van der Waals surface area (Å²) in [5.41, 5.74) is 6.53. The van der Waals surface area contributed by atoms with Crippen LogP contribution < -0.4 is 0 Å². The highest BCUT2D eigenvalue weighted by atomic mass is 15.1. The molecule has 3 nitrogen and oxygen atoms in total. The molecule has 5 rings (SSSR count). The Morgan fingerprint density at radius 1 is 0.654 bits per heavy atom. The Hall–Kier alpha value is -3.46. The third-order valence-electron chi connectivity index (χ3n) is 4.76. The van der Waals surface area contributed by atoms with Gasteiger partial charge in [-0.3, -0.25) is 0 Å². The van der Waals surface area contributed by atoms with Gasteiger partial charge < -0.3 is 4.57 Å². The van der Waals surface area contributed by atoms with E-state index >= 15 is 0 Å². The molecule has 3 aromatic carbocycles. The summed E-state index contributed by atoms with van der Waals surface area (Å²) in [6.45, 7) is 0.816. The number of fused-ring (bicyclic) bond motifs is 3. The van der Waals surface area contributed by atoms with E-state index in [4.69, 9.17) is 0 Å². The molecule has 3 heteroatoms. The van der Waals surface area contributed by atoms with Gasteiger partial charge in [-0.05, 0) is 11.6 Å². The molecule has 2 aliphatic rings. The first kappa shape index (κ1) is 14.8. The number of pyridine rings is 1. The molecular weight excluding hydrogens is 318 g/mol. The van der Waals surface area contributed by atoms with E-state index in [9.17, 15) is 0 Å². The van der Waals surface area contributed by atoms with Crippen molar-refractivity contribution in [2.24, 2.45) is 0 Å². The maximum absolute atomic E-state index is 4.51. The molecule has 2 aliphatic heterocycles. The van der Waals surface area contributed by atoms with Gasteiger partial charge in [0, 0.05) is 29.3 Å². The van der Waals surface area contributed by atoms with Gasteiger partial charge >= 0.3 is 0 Å². The van der Waals surface area contributed by atoms with Crippen molar-refractivity contribution in [2.45, 2.75) is 6.54 Å². The van der Waals surface area contributed by atoms with Gasteiger partial charge in [0.25, 0.3) is 0 Å². The van der Waals surface area contributed by atoms with Crippen LogP contribution in [0.25, 0.3) is 33.4 Å². The molecule has 0 saturated carbocycles. The number of aromatic nitrogens is 3. The maximum Gasteiger partial charge on any atom is 0.106 e. The molecule has 0 bridgehead atoms. The van der Waals surface area contributed by atoms with Gasteiger partial charge in [-0.15, -0.1) is 10.2 Å². The van der Waals surface area contributed by atoms with Crippen LogP contribution in [0.2, 0.25) is 0 Å². The van der Waals surface area contributed by atoms with Gasteiger partial charge in [0.2, 0.25) is 0 Å². The number of benzene rings is 3. The van der Waals surface area contributed by atoms with E-state index in [0.29, 0.717) is 0 Å². The number of rotatable bonds is 3. The standard InChI is InChI=1S/C23H17N3/c1-3-9-17(10-4-1)15-26-16-20-22(18-11-5-2-6-12-18)24-25-23(20)19-13-7-8-14-21(19)26/h1-14,16H,15H2. The molecule has 0 unspecified atom stereocenters. The molecule has 26 heavy (non-hydrogen) atoms. The second kappa shape index (κ2) is 6.12. The van der Waals surface area contributed by atoms with Gasteiger partial charge in [0.15, 0.2) is 0 Å². The zero-order chi connectivity index (χ0) is 17.3. The monoisotopic (exact) mass is 335 g/mol. The van der Waals surface area contributed by atoms with Crippen molar-refractivity contribution < 1.29 is 0 Å². The summed E-state index contributed by atoms with van der Waals surface area (Å²) >= 11 is 0. The second-order valence-corrected chi connectivity index (χ2v) is 6.44. The first-order valence-electron chi connectivity index (χ1n) is 8.74. The van der Waals surface area contributed by atoms with Crippen LogP contribution in [-0.2, 0) is 6.54 Å². The molecule has 124 valence electrons. The molecular formula is C23H17N3. The summed E-state index contributed by atoms with van der Waals surface area (Å²) < 4.78 is 2.29. The van der Waals surface area contributed by atoms with Crippen LogP contribution in [0.1, 0.15) is 5.56 Å². The Morgan fingerprint density at radius 3 is 2.12 bits per heavy atom. The van der Waals surface area contributed by atoms with E-state index in [-0.39, 0.29) is 0 Å². The smallest absolute Gasteiger partial charge is 0.106 e. The average Bonchev–Trinajstić information content (AvgIpc) is 3.14. The second-order valence-electron chi connectivity index (χ2n) is 6.44. The van der Waals surface area contributed by atoms with E-state index in [1.807, 2.05) is 24.3 Å². The Bertz CT molecular complexity index is 1140. The van der Waals surface area contributed by atoms with Crippen molar-refractivity contribution in [1.29, 1.82) is 0 Å². The lowest BCUT2D eigenvalue weighted by molar-refractivity contribution is 0.828. The predicted molar refractivity (Wildman–Crippen MR) is 105 cm³/mol. The van der Waals surface area contributed by atoms with E-state index < -0.39 is 0 Å². The lowest BCUT2D eigenvalue weighted by Crippen LogP contribution is -2.03. The highest BCUT2D eigenvalue weighted by Crippen LogP contribution is 2.36. The molecule has 3 aromatic rings. The number of nitrogens with zero attached hydrogens (tertiary/aromatic N) is 3. The molecule has 0 saturated heterocycles. The van der Waals surface area contributed by atoms with Gasteiger partial charge in [-0.1, -0.05) is 78.9 Å². The van der Waals surface area contributed by atoms with Crippen LogP contribution in [0.3, 0.4) is 0 Å². The minimum Gasteiger partial charge on any atom is -0.342 e. The molecule has 2 heterocycles. The predicted octanol–water partition coefficient (Wildman–Crippen LogP) is 5.25. The van der Waals surface area contributed by atoms with Crippen molar-refractivity contribution in [1.82, 2.24) is 14.8 Å². The third-order valence-corrected chi connectivity index (χ3v) is 4.76. The highest BCUT2D eigenvalue weighted by molar-refractivity contribution is 5.97. The topological polar surface area (TPSA) is 30.7 Å². The van der Waals surface area contributed by atoms with Crippen LogP contribution in [0.5, 0.6) is 0 Å². The van der Waals surface area contributed by atoms with Crippen LogP contribution in [-0.4, -0.2) is 14.8 Å². The SMILES string of the molecule is c1ccc(Cn2cc3c(-c4ccccc4)nnc-3c3ccccc32)cc1. The zero-order valence-corrected chi connectivity index (χ0v) is 14.2. The highest BCUT2D eigenvalue weighted by Gasteiger charge is 2.19. The van der Waals surface area contributed by atoms with Crippen LogP contribution in [0.15, 0.2) is 91.1 Å². The van der Waals surface area contributed by atoms with Crippen molar-refractivity contribution >= 4 is 10.9 Å². The van der Waals surface area contributed by atoms with Crippen molar-refractivity contribution in [3.8, 4) is 22.5 Å². The largest absolute Gasteiger partial charge is 0.342 e. The Balaban J connectivity index is 1.75. The molecule has 0 aliphatic carbocycles. The van der Waals surface area contributed by atoms with Crippen LogP contribution in [0.4, 0.5) is 0 Å². The van der Waals surface area contributed by atoms with E-state index in [1.165, 1.54) is 11.1 Å². The van der Waals surface area contributed by atoms with Crippen molar-refractivity contribution in [3.63, 3.8) is 0 Å². The molecule has 0 atom stereocenters. The lowest BCUT2D eigenvalue weighted by atomic mass is 10.0. The fourth-order valence-electron chi connectivity index (χ4n) is 3.51. The maximum atomic E-state index is 4.51. The molecule has 0 N–H and O–H groups in total. The number of para-hydroxylation sites is 1. The summed E-state index contributed by atoms with van der Waals surface area (Å²) in [6, 6.07) is 29.2. The summed E-state index contributed by atoms with van der Waals surface area (Å²) in [7, 11) is 0. The van der Waals surface area contributed by atoms with Crippen LogP contribution in [0, 0.1) is 0 Å². The average molecular weight is 335 g/mol. The number of hydrogen-bond donors (Lipinski definition) is 0.